The molecule has 1 aliphatic rings. The molecule has 0 unspecified atom stereocenters. The number of carbonyl (C=O) groups excluding carboxylic acids is 1. The van der Waals surface area contributed by atoms with Gasteiger partial charge in [0, 0.05) is 52.9 Å². The van der Waals surface area contributed by atoms with Crippen molar-refractivity contribution in [2.75, 3.05) is 86.2 Å². The van der Waals surface area contributed by atoms with Crippen LogP contribution in [0.2, 0.25) is 0 Å². The lowest BCUT2D eigenvalue weighted by atomic mass is 10.3. The molecule has 1 saturated heterocycles. The number of ether oxygens (including phenoxy) is 1. The van der Waals surface area contributed by atoms with E-state index in [1.165, 1.54) is 12.8 Å². The molecule has 1 amide bonds. The lowest BCUT2D eigenvalue weighted by molar-refractivity contribution is -0.122. The van der Waals surface area contributed by atoms with Crippen LogP contribution in [-0.4, -0.2) is 113 Å². The number of aliphatic imine (C=N–C) groups is 1. The number of nitrogens with one attached hydrogen (secondary N) is 2. The van der Waals surface area contributed by atoms with Gasteiger partial charge in [0.15, 0.2) is 5.96 Å². The van der Waals surface area contributed by atoms with Crippen LogP contribution in [0.25, 0.3) is 0 Å². The highest BCUT2D eigenvalue weighted by molar-refractivity contribution is 5.80. The average molecular weight is 385 g/mol. The normalized spacial score (nSPS) is 16.0. The molecule has 0 aliphatic carbocycles. The predicted octanol–water partition coefficient (Wildman–Crippen LogP) is 0.0640. The number of amides is 1. The molecule has 0 aromatic carbocycles. The second-order valence-corrected chi connectivity index (χ2v) is 7.00. The highest BCUT2D eigenvalue weighted by Crippen LogP contribution is 2.02. The lowest BCUT2D eigenvalue weighted by Gasteiger charge is -2.36. The van der Waals surface area contributed by atoms with E-state index >= 15 is 0 Å². The third-order valence-electron chi connectivity index (χ3n) is 4.64. The molecule has 0 aromatic rings. The molecule has 1 rings (SSSR count). The minimum Gasteiger partial charge on any atom is -0.383 e. The minimum atomic E-state index is 0.0659. The van der Waals surface area contributed by atoms with Crippen LogP contribution in [-0.2, 0) is 9.53 Å². The molecule has 27 heavy (non-hydrogen) atoms. The van der Waals surface area contributed by atoms with Crippen molar-refractivity contribution in [3.05, 3.63) is 0 Å². The third-order valence-corrected chi connectivity index (χ3v) is 4.64. The number of methoxy groups -OCH3 is 1. The second kappa shape index (κ2) is 14.6. The fourth-order valence-corrected chi connectivity index (χ4v) is 2.96. The summed E-state index contributed by atoms with van der Waals surface area (Å²) < 4.78 is 4.95. The zero-order valence-corrected chi connectivity index (χ0v) is 17.8. The van der Waals surface area contributed by atoms with Crippen LogP contribution >= 0.6 is 0 Å². The predicted molar refractivity (Wildman–Crippen MR) is 111 cm³/mol. The number of rotatable bonds is 12. The highest BCUT2D eigenvalue weighted by atomic mass is 16.5. The maximum atomic E-state index is 11.9. The first kappa shape index (κ1) is 23.7. The largest absolute Gasteiger partial charge is 0.383 e. The molecule has 0 aromatic heterocycles. The number of nitrogens with zero attached hydrogens (tertiary/aromatic N) is 4. The van der Waals surface area contributed by atoms with Crippen molar-refractivity contribution in [1.82, 2.24) is 25.3 Å². The van der Waals surface area contributed by atoms with E-state index in [0.29, 0.717) is 19.7 Å². The SMILES string of the molecule is CCCCN(C)CCN=C(NCC)N1CCN(CC(=O)NCCOC)CC1. The van der Waals surface area contributed by atoms with Crippen LogP contribution in [0.4, 0.5) is 0 Å². The van der Waals surface area contributed by atoms with Crippen LogP contribution in [0.15, 0.2) is 4.99 Å². The van der Waals surface area contributed by atoms with E-state index in [2.05, 4.69) is 46.2 Å². The van der Waals surface area contributed by atoms with Crippen LogP contribution in [0.5, 0.6) is 0 Å². The maximum absolute atomic E-state index is 11.9. The minimum absolute atomic E-state index is 0.0659. The maximum Gasteiger partial charge on any atom is 0.234 e. The fraction of sp³-hybridized carbons (Fsp3) is 0.895. The van der Waals surface area contributed by atoms with Gasteiger partial charge in [0.25, 0.3) is 0 Å². The number of unbranched alkanes of at least 4 members (excludes halogenated alkanes) is 1. The molecule has 158 valence electrons. The third kappa shape index (κ3) is 10.5. The van der Waals surface area contributed by atoms with Crippen molar-refractivity contribution >= 4 is 11.9 Å². The van der Waals surface area contributed by atoms with Gasteiger partial charge in [-0.25, -0.2) is 0 Å². The molecule has 1 aliphatic heterocycles. The molecule has 8 nitrogen and oxygen atoms in total. The van der Waals surface area contributed by atoms with E-state index in [0.717, 1.165) is 58.3 Å². The quantitative estimate of drug-likeness (QED) is 0.282. The van der Waals surface area contributed by atoms with E-state index in [1.54, 1.807) is 7.11 Å². The van der Waals surface area contributed by atoms with Crippen molar-refractivity contribution in [3.63, 3.8) is 0 Å². The van der Waals surface area contributed by atoms with E-state index in [4.69, 9.17) is 9.73 Å². The van der Waals surface area contributed by atoms with Gasteiger partial charge in [0.1, 0.15) is 0 Å². The average Bonchev–Trinajstić information content (AvgIpc) is 2.66. The molecule has 0 bridgehead atoms. The summed E-state index contributed by atoms with van der Waals surface area (Å²) in [5.74, 6) is 1.06. The summed E-state index contributed by atoms with van der Waals surface area (Å²) >= 11 is 0. The van der Waals surface area contributed by atoms with Crippen molar-refractivity contribution in [2.24, 2.45) is 4.99 Å². The van der Waals surface area contributed by atoms with Crippen LogP contribution in [0.3, 0.4) is 0 Å². The van der Waals surface area contributed by atoms with Gasteiger partial charge in [-0.05, 0) is 26.9 Å². The first-order valence-corrected chi connectivity index (χ1v) is 10.3. The Morgan fingerprint density at radius 1 is 1.15 bits per heavy atom. The van der Waals surface area contributed by atoms with Crippen LogP contribution < -0.4 is 10.6 Å². The fourth-order valence-electron chi connectivity index (χ4n) is 2.96. The smallest absolute Gasteiger partial charge is 0.234 e. The number of hydrogen-bond donors (Lipinski definition) is 2. The molecule has 1 fully saturated rings. The Labute approximate surface area is 165 Å². The van der Waals surface area contributed by atoms with Crippen molar-refractivity contribution < 1.29 is 9.53 Å². The Hall–Kier alpha value is -1.38. The zero-order chi connectivity index (χ0) is 19.9. The second-order valence-electron chi connectivity index (χ2n) is 7.00. The monoisotopic (exact) mass is 384 g/mol. The zero-order valence-electron chi connectivity index (χ0n) is 17.8. The summed E-state index contributed by atoms with van der Waals surface area (Å²) in [7, 11) is 3.80. The van der Waals surface area contributed by atoms with Crippen molar-refractivity contribution in [3.8, 4) is 0 Å². The van der Waals surface area contributed by atoms with E-state index in [-0.39, 0.29) is 5.91 Å². The highest BCUT2D eigenvalue weighted by Gasteiger charge is 2.21. The summed E-state index contributed by atoms with van der Waals surface area (Å²) in [4.78, 5) is 23.6. The number of likely N-dealkylation sites (N-methyl/N-ethyl adjacent to an activating group) is 1. The number of hydrogen-bond acceptors (Lipinski definition) is 5. The first-order valence-electron chi connectivity index (χ1n) is 10.3. The van der Waals surface area contributed by atoms with Gasteiger partial charge in [-0.2, -0.15) is 0 Å². The molecular formula is C19H40N6O2. The number of carbonyl (C=O) groups is 1. The Morgan fingerprint density at radius 2 is 1.89 bits per heavy atom. The summed E-state index contributed by atoms with van der Waals surface area (Å²) in [6, 6.07) is 0. The van der Waals surface area contributed by atoms with Gasteiger partial charge in [-0.15, -0.1) is 0 Å². The van der Waals surface area contributed by atoms with Crippen molar-refractivity contribution in [1.29, 1.82) is 0 Å². The Kier molecular flexibility index (Phi) is 12.8. The van der Waals surface area contributed by atoms with Gasteiger partial charge >= 0.3 is 0 Å². The molecule has 0 spiro atoms. The van der Waals surface area contributed by atoms with E-state index < -0.39 is 0 Å². The topological polar surface area (TPSA) is 72.4 Å². The molecule has 1 heterocycles. The summed E-state index contributed by atoms with van der Waals surface area (Å²) in [6.45, 7) is 13.2. The van der Waals surface area contributed by atoms with E-state index in [1.807, 2.05) is 0 Å². The molecule has 0 atom stereocenters. The Morgan fingerprint density at radius 3 is 2.52 bits per heavy atom. The van der Waals surface area contributed by atoms with Crippen LogP contribution in [0.1, 0.15) is 26.7 Å². The summed E-state index contributed by atoms with van der Waals surface area (Å²) in [5.41, 5.74) is 0. The van der Waals surface area contributed by atoms with Gasteiger partial charge in [-0.1, -0.05) is 13.3 Å². The van der Waals surface area contributed by atoms with Gasteiger partial charge in [0.2, 0.25) is 5.91 Å². The lowest BCUT2D eigenvalue weighted by Crippen LogP contribution is -2.54. The summed E-state index contributed by atoms with van der Waals surface area (Å²) in [6.07, 6.45) is 2.46. The molecule has 0 saturated carbocycles. The molecule has 0 radical (unpaired) electrons. The molecular weight excluding hydrogens is 344 g/mol. The summed E-state index contributed by atoms with van der Waals surface area (Å²) in [5, 5.41) is 6.28. The molecule has 2 N–H and O–H groups in total. The van der Waals surface area contributed by atoms with Gasteiger partial charge in [0.05, 0.1) is 19.7 Å². The number of piperazine rings is 1. The number of guanidine groups is 1. The first-order chi connectivity index (χ1) is 13.1. The van der Waals surface area contributed by atoms with Crippen LogP contribution in [0, 0.1) is 0 Å². The van der Waals surface area contributed by atoms with Gasteiger partial charge in [-0.3, -0.25) is 14.7 Å². The Balaban J connectivity index is 2.37. The van der Waals surface area contributed by atoms with E-state index in [9.17, 15) is 4.79 Å². The van der Waals surface area contributed by atoms with Crippen molar-refractivity contribution in [2.45, 2.75) is 26.7 Å². The standard InChI is InChI=1S/C19H40N6O2/c1-5-7-10-23(3)11-8-22-19(20-6-2)25-14-12-24(13-15-25)17-18(26)21-9-16-27-4/h5-17H2,1-4H3,(H,20,22)(H,21,26). The molecule has 8 heteroatoms. The Bertz CT molecular complexity index is 424. The van der Waals surface area contributed by atoms with Gasteiger partial charge < -0.3 is 25.2 Å².